The Balaban J connectivity index is 2.24. The van der Waals surface area contributed by atoms with Crippen LogP contribution in [0.1, 0.15) is 19.5 Å². The minimum absolute atomic E-state index is 0.127. The Morgan fingerprint density at radius 1 is 1.44 bits per heavy atom. The second kappa shape index (κ2) is 6.52. The number of aliphatic hydroxyl groups excluding tert-OH is 1. The molecule has 3 N–H and O–H groups in total. The number of nitrogen functional groups attached to an aromatic ring is 1. The van der Waals surface area contributed by atoms with Crippen molar-refractivity contribution in [3.8, 4) is 11.6 Å². The Morgan fingerprint density at radius 2 is 2.20 bits per heavy atom. The SMILES string of the molecule is Cc1nc(N)n2nc(-c3ccco3)nc2c1N(CCO)C(=O)C(C)C. The normalized spacial score (nSPS) is 11.4. The van der Waals surface area contributed by atoms with Gasteiger partial charge in [-0.3, -0.25) is 4.79 Å². The second-order valence-corrected chi connectivity index (χ2v) is 5.92. The summed E-state index contributed by atoms with van der Waals surface area (Å²) in [5.41, 5.74) is 7.37. The maximum absolute atomic E-state index is 12.6. The first-order valence-electron chi connectivity index (χ1n) is 7.93. The van der Waals surface area contributed by atoms with Gasteiger partial charge in [0.1, 0.15) is 5.69 Å². The van der Waals surface area contributed by atoms with Crippen molar-refractivity contribution < 1.29 is 14.3 Å². The van der Waals surface area contributed by atoms with E-state index in [4.69, 9.17) is 10.2 Å². The van der Waals surface area contributed by atoms with Crippen molar-refractivity contribution in [1.29, 1.82) is 0 Å². The van der Waals surface area contributed by atoms with E-state index in [1.54, 1.807) is 32.9 Å². The van der Waals surface area contributed by atoms with Crippen LogP contribution in [0, 0.1) is 12.8 Å². The van der Waals surface area contributed by atoms with Crippen LogP contribution in [0.15, 0.2) is 22.8 Å². The summed E-state index contributed by atoms with van der Waals surface area (Å²) in [6.45, 7) is 5.27. The van der Waals surface area contributed by atoms with E-state index in [1.807, 2.05) is 0 Å². The van der Waals surface area contributed by atoms with Gasteiger partial charge in [0.25, 0.3) is 0 Å². The average Bonchev–Trinajstić information content (AvgIpc) is 3.22. The minimum Gasteiger partial charge on any atom is -0.461 e. The highest BCUT2D eigenvalue weighted by molar-refractivity contribution is 5.98. The fourth-order valence-electron chi connectivity index (χ4n) is 2.63. The lowest BCUT2D eigenvalue weighted by molar-refractivity contribution is -0.121. The summed E-state index contributed by atoms with van der Waals surface area (Å²) in [5.74, 6) is 0.577. The Hall–Kier alpha value is -2.94. The number of anilines is 2. The van der Waals surface area contributed by atoms with E-state index in [-0.39, 0.29) is 30.9 Å². The van der Waals surface area contributed by atoms with Crippen LogP contribution in [0.25, 0.3) is 17.2 Å². The number of rotatable bonds is 5. The molecule has 0 unspecified atom stereocenters. The molecule has 3 aromatic heterocycles. The molecule has 0 fully saturated rings. The van der Waals surface area contributed by atoms with E-state index >= 15 is 0 Å². The highest BCUT2D eigenvalue weighted by atomic mass is 16.3. The van der Waals surface area contributed by atoms with Crippen LogP contribution in [0.4, 0.5) is 11.6 Å². The Labute approximate surface area is 144 Å². The van der Waals surface area contributed by atoms with E-state index < -0.39 is 0 Å². The van der Waals surface area contributed by atoms with E-state index in [2.05, 4.69) is 15.1 Å². The first-order valence-corrected chi connectivity index (χ1v) is 7.93. The number of aromatic nitrogens is 4. The number of hydrogen-bond acceptors (Lipinski definition) is 7. The third-order valence-electron chi connectivity index (χ3n) is 3.76. The van der Waals surface area contributed by atoms with E-state index in [9.17, 15) is 9.90 Å². The van der Waals surface area contributed by atoms with Gasteiger partial charge in [0.2, 0.25) is 17.7 Å². The van der Waals surface area contributed by atoms with E-state index in [0.717, 1.165) is 0 Å². The zero-order valence-electron chi connectivity index (χ0n) is 14.3. The molecule has 0 atom stereocenters. The highest BCUT2D eigenvalue weighted by Crippen LogP contribution is 2.29. The van der Waals surface area contributed by atoms with Gasteiger partial charge in [-0.05, 0) is 19.1 Å². The summed E-state index contributed by atoms with van der Waals surface area (Å²) in [7, 11) is 0. The lowest BCUT2D eigenvalue weighted by Crippen LogP contribution is -2.37. The second-order valence-electron chi connectivity index (χ2n) is 5.92. The molecule has 9 heteroatoms. The number of nitrogens with zero attached hydrogens (tertiary/aromatic N) is 5. The number of fused-ring (bicyclic) bond motifs is 1. The van der Waals surface area contributed by atoms with Crippen LogP contribution in [0.3, 0.4) is 0 Å². The molecule has 9 nitrogen and oxygen atoms in total. The molecular weight excluding hydrogens is 324 g/mol. The summed E-state index contributed by atoms with van der Waals surface area (Å²) in [5, 5.41) is 13.7. The first kappa shape index (κ1) is 16.9. The summed E-state index contributed by atoms with van der Waals surface area (Å²) in [6.07, 6.45) is 1.52. The molecule has 0 saturated heterocycles. The summed E-state index contributed by atoms with van der Waals surface area (Å²) in [4.78, 5) is 22.9. The monoisotopic (exact) mass is 344 g/mol. The molecule has 3 heterocycles. The van der Waals surface area contributed by atoms with Crippen molar-refractivity contribution in [2.45, 2.75) is 20.8 Å². The molecular formula is C16H20N6O3. The van der Waals surface area contributed by atoms with Crippen molar-refractivity contribution in [2.75, 3.05) is 23.8 Å². The lowest BCUT2D eigenvalue weighted by atomic mass is 10.1. The van der Waals surface area contributed by atoms with Gasteiger partial charge in [-0.1, -0.05) is 13.8 Å². The molecule has 3 aromatic rings. The van der Waals surface area contributed by atoms with Gasteiger partial charge in [0.15, 0.2) is 11.4 Å². The minimum atomic E-state index is -0.254. The molecule has 132 valence electrons. The molecule has 25 heavy (non-hydrogen) atoms. The van der Waals surface area contributed by atoms with Crippen molar-refractivity contribution in [3.63, 3.8) is 0 Å². The maximum Gasteiger partial charge on any atom is 0.229 e. The topological polar surface area (TPSA) is 123 Å². The van der Waals surface area contributed by atoms with Gasteiger partial charge >= 0.3 is 0 Å². The summed E-state index contributed by atoms with van der Waals surface area (Å²) >= 11 is 0. The number of nitrogens with two attached hydrogens (primary N) is 1. The summed E-state index contributed by atoms with van der Waals surface area (Å²) < 4.78 is 6.71. The molecule has 0 aliphatic heterocycles. The number of amides is 1. The third kappa shape index (κ3) is 2.93. The number of hydrogen-bond donors (Lipinski definition) is 2. The average molecular weight is 344 g/mol. The van der Waals surface area contributed by atoms with Gasteiger partial charge in [-0.2, -0.15) is 4.52 Å². The van der Waals surface area contributed by atoms with Crippen LogP contribution in [0.2, 0.25) is 0 Å². The number of aliphatic hydroxyl groups is 1. The van der Waals surface area contributed by atoms with Crippen LogP contribution in [-0.4, -0.2) is 43.7 Å². The van der Waals surface area contributed by atoms with E-state index in [1.165, 1.54) is 15.7 Å². The molecule has 0 bridgehead atoms. The number of carbonyl (C=O) groups is 1. The predicted molar refractivity (Wildman–Crippen MR) is 91.9 cm³/mol. The Morgan fingerprint density at radius 3 is 2.80 bits per heavy atom. The Kier molecular flexibility index (Phi) is 4.41. The number of furan rings is 1. The molecule has 0 spiro atoms. The quantitative estimate of drug-likeness (QED) is 0.714. The molecule has 1 amide bonds. The van der Waals surface area contributed by atoms with Gasteiger partial charge in [-0.25, -0.2) is 9.97 Å². The predicted octanol–water partition coefficient (Wildman–Crippen LogP) is 1.26. The summed E-state index contributed by atoms with van der Waals surface area (Å²) in [6, 6.07) is 3.46. The smallest absolute Gasteiger partial charge is 0.229 e. The third-order valence-corrected chi connectivity index (χ3v) is 3.76. The Bertz CT molecular complexity index is 900. The number of carbonyl (C=O) groups excluding carboxylic acids is 1. The van der Waals surface area contributed by atoms with E-state index in [0.29, 0.717) is 28.6 Å². The molecule has 0 aliphatic carbocycles. The fraction of sp³-hybridized carbons (Fsp3) is 0.375. The first-order chi connectivity index (χ1) is 11.9. The maximum atomic E-state index is 12.6. The zero-order chi connectivity index (χ0) is 18.1. The lowest BCUT2D eigenvalue weighted by Gasteiger charge is -2.25. The zero-order valence-corrected chi connectivity index (χ0v) is 14.3. The van der Waals surface area contributed by atoms with Crippen LogP contribution < -0.4 is 10.6 Å². The van der Waals surface area contributed by atoms with Crippen LogP contribution in [0.5, 0.6) is 0 Å². The molecule has 0 aromatic carbocycles. The van der Waals surface area contributed by atoms with Crippen molar-refractivity contribution in [3.05, 3.63) is 24.1 Å². The fourth-order valence-corrected chi connectivity index (χ4v) is 2.63. The van der Waals surface area contributed by atoms with Crippen molar-refractivity contribution >= 4 is 23.2 Å². The van der Waals surface area contributed by atoms with Crippen LogP contribution >= 0.6 is 0 Å². The van der Waals surface area contributed by atoms with Gasteiger partial charge in [0, 0.05) is 12.5 Å². The molecule has 3 rings (SSSR count). The number of aryl methyl sites for hydroxylation is 1. The standard InChI is InChI=1S/C16H20N6O3/c1-9(2)15(24)21(6-7-23)12-10(3)18-16(17)22-14(12)19-13(20-22)11-5-4-8-25-11/h4-5,8-9,23H,6-7H2,1-3H3,(H2,17,18). The van der Waals surface area contributed by atoms with Crippen LogP contribution in [-0.2, 0) is 4.79 Å². The highest BCUT2D eigenvalue weighted by Gasteiger charge is 2.26. The van der Waals surface area contributed by atoms with Gasteiger partial charge < -0.3 is 20.2 Å². The molecule has 0 saturated carbocycles. The van der Waals surface area contributed by atoms with Crippen molar-refractivity contribution in [1.82, 2.24) is 19.6 Å². The molecule has 0 radical (unpaired) electrons. The van der Waals surface area contributed by atoms with Gasteiger partial charge in [-0.15, -0.1) is 5.10 Å². The van der Waals surface area contributed by atoms with Crippen molar-refractivity contribution in [2.24, 2.45) is 5.92 Å². The largest absolute Gasteiger partial charge is 0.461 e. The molecule has 0 aliphatic rings. The van der Waals surface area contributed by atoms with Gasteiger partial charge in [0.05, 0.1) is 18.6 Å².